The average Bonchev–Trinajstić information content (AvgIpc) is 2.56. The first kappa shape index (κ1) is 21.7. The number of hydrogen-bond donors (Lipinski definition) is 1. The van der Waals surface area contributed by atoms with Gasteiger partial charge in [0.25, 0.3) is 0 Å². The van der Waals surface area contributed by atoms with Crippen molar-refractivity contribution in [2.75, 3.05) is 39.3 Å². The minimum atomic E-state index is -3.52. The van der Waals surface area contributed by atoms with E-state index >= 15 is 0 Å². The predicted octanol–water partition coefficient (Wildman–Crippen LogP) is 2.13. The molecule has 0 bridgehead atoms. The highest BCUT2D eigenvalue weighted by atomic mass is 32.2. The fourth-order valence-electron chi connectivity index (χ4n) is 2.89. The maximum Gasteiger partial charge on any atom is 0.410 e. The number of amides is 1. The third-order valence-corrected chi connectivity index (χ3v) is 5.98. The number of carbonyl (C=O) groups excluding carboxylic acids is 1. The Morgan fingerprint density at radius 3 is 2.37 bits per heavy atom. The highest BCUT2D eigenvalue weighted by Gasteiger charge is 2.26. The Labute approximate surface area is 162 Å². The van der Waals surface area contributed by atoms with Gasteiger partial charge in [0.05, 0.1) is 4.90 Å². The summed E-state index contributed by atoms with van der Waals surface area (Å²) in [5.74, 6) is 0. The van der Waals surface area contributed by atoms with Gasteiger partial charge in [0.2, 0.25) is 10.0 Å². The summed E-state index contributed by atoms with van der Waals surface area (Å²) in [4.78, 5) is 16.2. The number of aryl methyl sites for hydroxylation is 2. The molecule has 1 aliphatic rings. The Kier molecular flexibility index (Phi) is 6.88. The molecule has 0 atom stereocenters. The van der Waals surface area contributed by atoms with Gasteiger partial charge in [-0.1, -0.05) is 12.1 Å². The van der Waals surface area contributed by atoms with Crippen LogP contribution in [0.15, 0.2) is 23.1 Å². The van der Waals surface area contributed by atoms with Crippen molar-refractivity contribution >= 4 is 16.1 Å². The average molecular weight is 398 g/mol. The molecule has 1 aliphatic heterocycles. The first-order valence-corrected chi connectivity index (χ1v) is 10.7. The zero-order chi connectivity index (χ0) is 20.2. The van der Waals surface area contributed by atoms with Crippen molar-refractivity contribution in [3.63, 3.8) is 0 Å². The van der Waals surface area contributed by atoms with Gasteiger partial charge in [0, 0.05) is 39.3 Å². The molecular weight excluding hydrogens is 366 g/mol. The molecule has 0 aliphatic carbocycles. The van der Waals surface area contributed by atoms with Crippen LogP contribution >= 0.6 is 0 Å². The Balaban J connectivity index is 1.80. The highest BCUT2D eigenvalue weighted by Crippen LogP contribution is 2.16. The minimum absolute atomic E-state index is 0.294. The number of ether oxygens (including phenoxy) is 1. The maximum absolute atomic E-state index is 12.5. The van der Waals surface area contributed by atoms with E-state index in [-0.39, 0.29) is 6.09 Å². The van der Waals surface area contributed by atoms with Crippen molar-refractivity contribution in [2.45, 2.75) is 45.1 Å². The van der Waals surface area contributed by atoms with Crippen LogP contribution in [-0.2, 0) is 14.8 Å². The van der Waals surface area contributed by atoms with Crippen LogP contribution in [-0.4, -0.2) is 69.2 Å². The van der Waals surface area contributed by atoms with Crippen LogP contribution in [0.4, 0.5) is 4.79 Å². The summed E-state index contributed by atoms with van der Waals surface area (Å²) in [6.07, 6.45) is -0.294. The second-order valence-electron chi connectivity index (χ2n) is 7.98. The minimum Gasteiger partial charge on any atom is -0.444 e. The molecule has 27 heavy (non-hydrogen) atoms. The van der Waals surface area contributed by atoms with Crippen molar-refractivity contribution < 1.29 is 17.9 Å². The van der Waals surface area contributed by atoms with Gasteiger partial charge in [-0.05, 0) is 51.8 Å². The molecule has 0 radical (unpaired) electrons. The number of rotatable bonds is 5. The maximum atomic E-state index is 12.5. The number of hydrogen-bond acceptors (Lipinski definition) is 5. The van der Waals surface area contributed by atoms with E-state index in [1.54, 1.807) is 17.9 Å². The first-order chi connectivity index (χ1) is 12.5. The van der Waals surface area contributed by atoms with Gasteiger partial charge < -0.3 is 9.64 Å². The van der Waals surface area contributed by atoms with Crippen LogP contribution in [0.1, 0.15) is 31.9 Å². The summed E-state index contributed by atoms with van der Waals surface area (Å²) in [5, 5.41) is 0. The van der Waals surface area contributed by atoms with E-state index < -0.39 is 15.6 Å². The molecule has 1 heterocycles. The van der Waals surface area contributed by atoms with Gasteiger partial charge >= 0.3 is 6.09 Å². The monoisotopic (exact) mass is 397 g/mol. The van der Waals surface area contributed by atoms with E-state index in [0.29, 0.717) is 44.2 Å². The summed E-state index contributed by atoms with van der Waals surface area (Å²) < 4.78 is 33.1. The van der Waals surface area contributed by atoms with E-state index in [9.17, 15) is 13.2 Å². The van der Waals surface area contributed by atoms with E-state index in [4.69, 9.17) is 4.74 Å². The number of piperazine rings is 1. The van der Waals surface area contributed by atoms with Crippen LogP contribution in [0.2, 0.25) is 0 Å². The van der Waals surface area contributed by atoms with Crippen molar-refractivity contribution in [1.82, 2.24) is 14.5 Å². The number of benzene rings is 1. The second-order valence-corrected chi connectivity index (χ2v) is 9.71. The zero-order valence-electron chi connectivity index (χ0n) is 16.9. The lowest BCUT2D eigenvalue weighted by Gasteiger charge is -2.35. The fraction of sp³-hybridized carbons (Fsp3) is 0.632. The molecule has 0 unspecified atom stereocenters. The van der Waals surface area contributed by atoms with E-state index in [1.807, 2.05) is 39.8 Å². The lowest BCUT2D eigenvalue weighted by Crippen LogP contribution is -2.51. The second kappa shape index (κ2) is 8.58. The highest BCUT2D eigenvalue weighted by molar-refractivity contribution is 7.89. The molecule has 0 saturated carbocycles. The van der Waals surface area contributed by atoms with Crippen LogP contribution in [0.25, 0.3) is 0 Å². The number of carbonyl (C=O) groups is 1. The summed E-state index contributed by atoms with van der Waals surface area (Å²) in [6.45, 7) is 12.7. The van der Waals surface area contributed by atoms with Crippen molar-refractivity contribution in [2.24, 2.45) is 0 Å². The fourth-order valence-corrected chi connectivity index (χ4v) is 4.24. The number of sulfonamides is 1. The molecule has 1 amide bonds. The predicted molar refractivity (Wildman–Crippen MR) is 105 cm³/mol. The molecule has 1 aromatic rings. The van der Waals surface area contributed by atoms with Crippen LogP contribution in [0, 0.1) is 13.8 Å². The standard InChI is InChI=1S/C19H31N3O4S/c1-15-6-7-16(2)17(14-15)27(24,25)20-8-9-21-10-12-22(13-11-21)18(23)26-19(3,4)5/h6-7,14,20H,8-13H2,1-5H3. The SMILES string of the molecule is Cc1ccc(C)c(S(=O)(=O)NCCN2CCN(C(=O)OC(C)(C)C)CC2)c1. The molecule has 1 aromatic carbocycles. The van der Waals surface area contributed by atoms with Gasteiger partial charge in [-0.15, -0.1) is 0 Å². The molecule has 1 fully saturated rings. The quantitative estimate of drug-likeness (QED) is 0.823. The lowest BCUT2D eigenvalue weighted by molar-refractivity contribution is 0.0147. The Hall–Kier alpha value is -1.64. The number of nitrogens with one attached hydrogen (secondary N) is 1. The smallest absolute Gasteiger partial charge is 0.410 e. The van der Waals surface area contributed by atoms with Gasteiger partial charge in [-0.3, -0.25) is 4.90 Å². The van der Waals surface area contributed by atoms with Crippen LogP contribution in [0.5, 0.6) is 0 Å². The molecule has 2 rings (SSSR count). The summed E-state index contributed by atoms with van der Waals surface area (Å²) >= 11 is 0. The van der Waals surface area contributed by atoms with Crippen LogP contribution < -0.4 is 4.72 Å². The first-order valence-electron chi connectivity index (χ1n) is 9.25. The van der Waals surface area contributed by atoms with Crippen LogP contribution in [0.3, 0.4) is 0 Å². The summed E-state index contributed by atoms with van der Waals surface area (Å²) in [7, 11) is -3.52. The molecule has 152 valence electrons. The third-order valence-electron chi connectivity index (χ3n) is 4.38. The molecule has 0 aromatic heterocycles. The molecule has 7 nitrogen and oxygen atoms in total. The van der Waals surface area contributed by atoms with Crippen molar-refractivity contribution in [1.29, 1.82) is 0 Å². The molecule has 0 spiro atoms. The molecule has 1 saturated heterocycles. The van der Waals surface area contributed by atoms with Gasteiger partial charge in [0.15, 0.2) is 0 Å². The van der Waals surface area contributed by atoms with E-state index in [1.165, 1.54) is 0 Å². The van der Waals surface area contributed by atoms with Crippen molar-refractivity contribution in [3.8, 4) is 0 Å². The summed E-state index contributed by atoms with van der Waals surface area (Å²) in [6, 6.07) is 5.41. The van der Waals surface area contributed by atoms with Gasteiger partial charge in [0.1, 0.15) is 5.60 Å². The van der Waals surface area contributed by atoms with E-state index in [2.05, 4.69) is 9.62 Å². The Morgan fingerprint density at radius 1 is 1.15 bits per heavy atom. The Morgan fingerprint density at radius 2 is 1.78 bits per heavy atom. The topological polar surface area (TPSA) is 79.0 Å². The van der Waals surface area contributed by atoms with Crippen molar-refractivity contribution in [3.05, 3.63) is 29.3 Å². The third kappa shape index (κ3) is 6.48. The molecule has 8 heteroatoms. The molecular formula is C19H31N3O4S. The lowest BCUT2D eigenvalue weighted by atomic mass is 10.2. The zero-order valence-corrected chi connectivity index (χ0v) is 17.7. The Bertz CT molecular complexity index is 764. The van der Waals surface area contributed by atoms with E-state index in [0.717, 1.165) is 11.1 Å². The normalized spacial score (nSPS) is 16.4. The van der Waals surface area contributed by atoms with Gasteiger partial charge in [-0.2, -0.15) is 0 Å². The van der Waals surface area contributed by atoms with Gasteiger partial charge in [-0.25, -0.2) is 17.9 Å². The molecule has 1 N–H and O–H groups in total. The summed E-state index contributed by atoms with van der Waals surface area (Å²) in [5.41, 5.74) is 1.15. The largest absolute Gasteiger partial charge is 0.444 e. The number of nitrogens with zero attached hydrogens (tertiary/aromatic N) is 2.